The number of ether oxygens (including phenoxy) is 2. The molecular formula is C20H20ClN5O3. The Morgan fingerprint density at radius 3 is 2.76 bits per heavy atom. The van der Waals surface area contributed by atoms with Crippen molar-refractivity contribution in [3.05, 3.63) is 53.7 Å². The summed E-state index contributed by atoms with van der Waals surface area (Å²) < 4.78 is 18.0. The van der Waals surface area contributed by atoms with Crippen LogP contribution in [0.3, 0.4) is 0 Å². The lowest BCUT2D eigenvalue weighted by Gasteiger charge is -2.14. The molecule has 0 aliphatic rings. The number of nitrogens with one attached hydrogen (secondary N) is 1. The highest BCUT2D eigenvalue weighted by Crippen LogP contribution is 2.30. The van der Waals surface area contributed by atoms with E-state index in [-0.39, 0.29) is 5.88 Å². The predicted octanol–water partition coefficient (Wildman–Crippen LogP) is 4.06. The number of benzene rings is 1. The van der Waals surface area contributed by atoms with E-state index in [9.17, 15) is 0 Å². The predicted molar refractivity (Wildman–Crippen MR) is 110 cm³/mol. The summed E-state index contributed by atoms with van der Waals surface area (Å²) in [4.78, 5) is 8.82. The Bertz CT molecular complexity index is 1140. The van der Waals surface area contributed by atoms with Crippen molar-refractivity contribution in [3.8, 4) is 23.0 Å². The van der Waals surface area contributed by atoms with Gasteiger partial charge in [-0.1, -0.05) is 0 Å². The number of alkyl halides is 1. The van der Waals surface area contributed by atoms with Crippen LogP contribution in [0.4, 0.5) is 5.82 Å². The molecule has 0 amide bonds. The fourth-order valence-corrected chi connectivity index (χ4v) is 3.25. The molecule has 8 nitrogen and oxygen atoms in total. The lowest BCUT2D eigenvalue weighted by atomic mass is 10.1. The van der Waals surface area contributed by atoms with E-state index in [2.05, 4.69) is 20.4 Å². The molecule has 0 aliphatic carbocycles. The van der Waals surface area contributed by atoms with Crippen LogP contribution in [-0.4, -0.2) is 33.8 Å². The molecule has 150 valence electrons. The zero-order valence-corrected chi connectivity index (χ0v) is 17.0. The molecule has 0 unspecified atom stereocenters. The first-order valence-electron chi connectivity index (χ1n) is 8.94. The van der Waals surface area contributed by atoms with Crippen molar-refractivity contribution in [3.63, 3.8) is 0 Å². The lowest BCUT2D eigenvalue weighted by molar-refractivity contribution is 0.391. The molecule has 1 aromatic carbocycles. The zero-order chi connectivity index (χ0) is 20.4. The van der Waals surface area contributed by atoms with Gasteiger partial charge in [-0.05, 0) is 25.1 Å². The average Bonchev–Trinajstić information content (AvgIpc) is 3.43. The van der Waals surface area contributed by atoms with Crippen LogP contribution in [0.25, 0.3) is 17.1 Å². The van der Waals surface area contributed by atoms with Gasteiger partial charge in [-0.2, -0.15) is 4.52 Å². The third kappa shape index (κ3) is 3.58. The third-order valence-electron chi connectivity index (χ3n) is 4.64. The molecule has 4 aromatic rings. The van der Waals surface area contributed by atoms with Crippen LogP contribution >= 0.6 is 11.6 Å². The number of anilines is 1. The quantitative estimate of drug-likeness (QED) is 0.457. The zero-order valence-electron chi connectivity index (χ0n) is 16.3. The molecule has 29 heavy (non-hydrogen) atoms. The highest BCUT2D eigenvalue weighted by atomic mass is 35.5. The molecule has 0 fully saturated rings. The summed E-state index contributed by atoms with van der Waals surface area (Å²) in [6, 6.07) is 7.64. The number of fused-ring (bicyclic) bond motifs is 1. The Morgan fingerprint density at radius 1 is 1.21 bits per heavy atom. The van der Waals surface area contributed by atoms with E-state index in [1.165, 1.54) is 0 Å². The Hall–Kier alpha value is -3.26. The maximum Gasteiger partial charge on any atom is 0.226 e. The van der Waals surface area contributed by atoms with Crippen molar-refractivity contribution < 1.29 is 13.9 Å². The van der Waals surface area contributed by atoms with Gasteiger partial charge in [0, 0.05) is 29.3 Å². The number of oxazole rings is 1. The van der Waals surface area contributed by atoms with Crippen molar-refractivity contribution in [2.24, 2.45) is 0 Å². The van der Waals surface area contributed by atoms with E-state index in [0.717, 1.165) is 34.0 Å². The first-order chi connectivity index (χ1) is 14.1. The number of pyridine rings is 1. The monoisotopic (exact) mass is 413 g/mol. The molecule has 1 N–H and O–H groups in total. The number of aryl methyl sites for hydroxylation is 1. The van der Waals surface area contributed by atoms with E-state index < -0.39 is 0 Å². The third-order valence-corrected chi connectivity index (χ3v) is 4.88. The van der Waals surface area contributed by atoms with Crippen molar-refractivity contribution in [2.45, 2.75) is 19.3 Å². The van der Waals surface area contributed by atoms with Gasteiger partial charge in [0.25, 0.3) is 0 Å². The van der Waals surface area contributed by atoms with Crippen LogP contribution in [0.15, 0.2) is 41.1 Å². The Labute approximate surface area is 172 Å². The molecule has 0 saturated heterocycles. The molecule has 0 spiro atoms. The Morgan fingerprint density at radius 2 is 2.07 bits per heavy atom. The van der Waals surface area contributed by atoms with Gasteiger partial charge in [-0.25, -0.2) is 9.97 Å². The molecule has 0 aliphatic heterocycles. The van der Waals surface area contributed by atoms with E-state index in [0.29, 0.717) is 23.9 Å². The van der Waals surface area contributed by atoms with Crippen molar-refractivity contribution >= 4 is 23.1 Å². The summed E-state index contributed by atoms with van der Waals surface area (Å²) >= 11 is 5.97. The second-order valence-corrected chi connectivity index (χ2v) is 6.60. The topological polar surface area (TPSA) is 86.7 Å². The smallest absolute Gasteiger partial charge is 0.226 e. The number of aromatic nitrogens is 4. The molecule has 9 heteroatoms. The molecule has 0 atom stereocenters. The van der Waals surface area contributed by atoms with Crippen LogP contribution in [0.2, 0.25) is 0 Å². The minimum Gasteiger partial charge on any atom is -0.497 e. The molecular weight excluding hydrogens is 394 g/mol. The number of rotatable bonds is 7. The van der Waals surface area contributed by atoms with Crippen molar-refractivity contribution in [1.29, 1.82) is 0 Å². The second-order valence-electron chi connectivity index (χ2n) is 6.33. The second kappa shape index (κ2) is 8.00. The van der Waals surface area contributed by atoms with Crippen molar-refractivity contribution in [2.75, 3.05) is 19.5 Å². The molecule has 4 rings (SSSR count). The van der Waals surface area contributed by atoms with Gasteiger partial charge in [0.05, 0.1) is 26.3 Å². The van der Waals surface area contributed by atoms with E-state index in [1.54, 1.807) is 31.2 Å². The lowest BCUT2D eigenvalue weighted by Crippen LogP contribution is -2.08. The number of methoxy groups -OCH3 is 2. The maximum atomic E-state index is 5.97. The highest BCUT2D eigenvalue weighted by molar-refractivity contribution is 6.16. The number of halogens is 1. The number of hydrogen-bond acceptors (Lipinski definition) is 7. The molecule has 0 bridgehead atoms. The summed E-state index contributed by atoms with van der Waals surface area (Å²) in [6.45, 7) is 2.46. The minimum absolute atomic E-state index is 0.223. The average molecular weight is 414 g/mol. The summed E-state index contributed by atoms with van der Waals surface area (Å²) in [5, 5.41) is 7.92. The van der Waals surface area contributed by atoms with Gasteiger partial charge in [-0.3, -0.25) is 0 Å². The molecule has 3 heterocycles. The minimum atomic E-state index is 0.223. The van der Waals surface area contributed by atoms with Gasteiger partial charge in [0.1, 0.15) is 23.6 Å². The number of hydrogen-bond donors (Lipinski definition) is 1. The first kappa shape index (κ1) is 19.1. The van der Waals surface area contributed by atoms with Crippen LogP contribution in [0, 0.1) is 6.92 Å². The van der Waals surface area contributed by atoms with Gasteiger partial charge < -0.3 is 19.2 Å². The van der Waals surface area contributed by atoms with Gasteiger partial charge in [0.15, 0.2) is 11.5 Å². The van der Waals surface area contributed by atoms with E-state index in [1.807, 2.05) is 31.2 Å². The van der Waals surface area contributed by atoms with Crippen LogP contribution < -0.4 is 14.8 Å². The maximum absolute atomic E-state index is 5.97. The van der Waals surface area contributed by atoms with Crippen molar-refractivity contribution in [1.82, 2.24) is 19.6 Å². The molecule has 3 aromatic heterocycles. The van der Waals surface area contributed by atoms with Crippen LogP contribution in [0.5, 0.6) is 11.5 Å². The Balaban J connectivity index is 1.75. The Kier molecular flexibility index (Phi) is 5.26. The SMILES string of the molecule is COc1ccc(CNc2cc(-c3ncco3)c(C)c3nc(CCl)nn23)c(OC)c1. The fraction of sp³-hybridized carbons (Fsp3) is 0.250. The van der Waals surface area contributed by atoms with Gasteiger partial charge >= 0.3 is 0 Å². The summed E-state index contributed by atoms with van der Waals surface area (Å²) in [7, 11) is 3.26. The summed E-state index contributed by atoms with van der Waals surface area (Å²) in [5.74, 6) is 3.49. The van der Waals surface area contributed by atoms with Gasteiger partial charge in [0.2, 0.25) is 5.89 Å². The van der Waals surface area contributed by atoms with Crippen LogP contribution in [0.1, 0.15) is 17.0 Å². The first-order valence-corrected chi connectivity index (χ1v) is 9.48. The summed E-state index contributed by atoms with van der Waals surface area (Å²) in [6.07, 6.45) is 3.16. The fourth-order valence-electron chi connectivity index (χ4n) is 3.14. The standard InChI is InChI=1S/C20H20ClN5O3/c1-12-15(20-22-6-7-29-20)9-18(26-19(12)24-17(10-21)25-26)23-11-13-4-5-14(27-2)8-16(13)28-3/h4-9,23H,10-11H2,1-3H3. The summed E-state index contributed by atoms with van der Waals surface area (Å²) in [5.41, 5.74) is 3.40. The molecule has 0 radical (unpaired) electrons. The van der Waals surface area contributed by atoms with Gasteiger partial charge in [-0.15, -0.1) is 16.7 Å². The van der Waals surface area contributed by atoms with Crippen LogP contribution in [-0.2, 0) is 12.4 Å². The van der Waals surface area contributed by atoms with E-state index >= 15 is 0 Å². The van der Waals surface area contributed by atoms with E-state index in [4.69, 9.17) is 25.5 Å². The molecule has 0 saturated carbocycles. The highest BCUT2D eigenvalue weighted by Gasteiger charge is 2.17. The largest absolute Gasteiger partial charge is 0.497 e. The normalized spacial score (nSPS) is 11.0. The number of nitrogens with zero attached hydrogens (tertiary/aromatic N) is 4.